The fourth-order valence-corrected chi connectivity index (χ4v) is 1.89. The van der Waals surface area contributed by atoms with Crippen molar-refractivity contribution in [1.82, 2.24) is 0 Å². The van der Waals surface area contributed by atoms with Gasteiger partial charge in [0.05, 0.1) is 4.92 Å². The molecule has 0 spiro atoms. The summed E-state index contributed by atoms with van der Waals surface area (Å²) in [6.45, 7) is 1.50. The zero-order chi connectivity index (χ0) is 10.8. The minimum absolute atomic E-state index is 0. The van der Waals surface area contributed by atoms with Crippen molar-refractivity contribution in [2.45, 2.75) is 12.5 Å². The molecule has 88 valence electrons. The van der Waals surface area contributed by atoms with Crippen molar-refractivity contribution in [3.8, 4) is 0 Å². The monoisotopic (exact) mass is 243 g/mol. The summed E-state index contributed by atoms with van der Waals surface area (Å²) in [6, 6.07) is 6.92. The highest BCUT2D eigenvalue weighted by molar-refractivity contribution is 5.85. The molecule has 16 heavy (non-hydrogen) atoms. The summed E-state index contributed by atoms with van der Waals surface area (Å²) in [5.74, 6) is 0. The zero-order valence-electron chi connectivity index (χ0n) is 8.70. The first-order valence-corrected chi connectivity index (χ1v) is 4.92. The first-order valence-electron chi connectivity index (χ1n) is 4.92. The smallest absolute Gasteiger partial charge is 0.292 e. The van der Waals surface area contributed by atoms with Gasteiger partial charge in [-0.1, -0.05) is 12.1 Å². The van der Waals surface area contributed by atoms with E-state index in [1.54, 1.807) is 12.1 Å². The van der Waals surface area contributed by atoms with Crippen molar-refractivity contribution in [1.29, 1.82) is 0 Å². The summed E-state index contributed by atoms with van der Waals surface area (Å²) in [5.41, 5.74) is 6.61. The van der Waals surface area contributed by atoms with E-state index in [9.17, 15) is 10.1 Å². The average molecular weight is 244 g/mol. The van der Waals surface area contributed by atoms with Crippen LogP contribution in [0.1, 0.15) is 6.42 Å². The third-order valence-electron chi connectivity index (χ3n) is 2.64. The molecule has 1 aromatic rings. The molecule has 1 heterocycles. The predicted octanol–water partition coefficient (Wildman–Crippen LogP) is 1.55. The third-order valence-corrected chi connectivity index (χ3v) is 2.64. The van der Waals surface area contributed by atoms with Crippen LogP contribution in [0.15, 0.2) is 24.3 Å². The van der Waals surface area contributed by atoms with E-state index in [0.717, 1.165) is 13.0 Å². The van der Waals surface area contributed by atoms with E-state index in [1.807, 2.05) is 11.0 Å². The first kappa shape index (κ1) is 12.7. The Kier molecular flexibility index (Phi) is 4.09. The van der Waals surface area contributed by atoms with Crippen molar-refractivity contribution in [2.75, 3.05) is 18.0 Å². The molecule has 1 atom stereocenters. The number of para-hydroxylation sites is 2. The van der Waals surface area contributed by atoms with Gasteiger partial charge in [0.1, 0.15) is 5.69 Å². The van der Waals surface area contributed by atoms with Gasteiger partial charge in [0.2, 0.25) is 0 Å². The Morgan fingerprint density at radius 3 is 2.69 bits per heavy atom. The molecule has 0 aromatic heterocycles. The number of rotatable bonds is 2. The van der Waals surface area contributed by atoms with Crippen LogP contribution < -0.4 is 10.6 Å². The van der Waals surface area contributed by atoms with Gasteiger partial charge in [0.25, 0.3) is 5.69 Å². The van der Waals surface area contributed by atoms with Gasteiger partial charge in [-0.05, 0) is 12.5 Å². The van der Waals surface area contributed by atoms with E-state index < -0.39 is 0 Å². The van der Waals surface area contributed by atoms with Crippen LogP contribution >= 0.6 is 12.4 Å². The molecule has 0 bridgehead atoms. The van der Waals surface area contributed by atoms with Crippen LogP contribution in [-0.4, -0.2) is 24.1 Å². The van der Waals surface area contributed by atoms with Crippen LogP contribution in [0.25, 0.3) is 0 Å². The summed E-state index contributed by atoms with van der Waals surface area (Å²) < 4.78 is 0. The fraction of sp³-hybridized carbons (Fsp3) is 0.400. The number of nitro groups is 1. The number of anilines is 1. The lowest BCUT2D eigenvalue weighted by atomic mass is 10.2. The van der Waals surface area contributed by atoms with Crippen LogP contribution in [0.4, 0.5) is 11.4 Å². The number of nitrogens with two attached hydrogens (primary N) is 1. The summed E-state index contributed by atoms with van der Waals surface area (Å²) in [6.07, 6.45) is 0.895. The topological polar surface area (TPSA) is 72.4 Å². The Morgan fingerprint density at radius 2 is 2.12 bits per heavy atom. The molecule has 1 fully saturated rings. The van der Waals surface area contributed by atoms with Crippen molar-refractivity contribution >= 4 is 23.8 Å². The predicted molar refractivity (Wildman–Crippen MR) is 65.1 cm³/mol. The third kappa shape index (κ3) is 2.43. The summed E-state index contributed by atoms with van der Waals surface area (Å²) in [7, 11) is 0. The Hall–Kier alpha value is -1.33. The second kappa shape index (κ2) is 5.14. The molecule has 0 aliphatic carbocycles. The lowest BCUT2D eigenvalue weighted by molar-refractivity contribution is -0.384. The van der Waals surface area contributed by atoms with Gasteiger partial charge in [-0.3, -0.25) is 10.1 Å². The number of benzene rings is 1. The normalized spacial score (nSPS) is 19.3. The zero-order valence-corrected chi connectivity index (χ0v) is 9.52. The van der Waals surface area contributed by atoms with Gasteiger partial charge in [0, 0.05) is 25.2 Å². The maximum atomic E-state index is 10.8. The van der Waals surface area contributed by atoms with Crippen LogP contribution in [0.2, 0.25) is 0 Å². The Labute approximate surface area is 99.8 Å². The maximum absolute atomic E-state index is 10.8. The van der Waals surface area contributed by atoms with Crippen LogP contribution in [0.3, 0.4) is 0 Å². The number of hydrogen-bond acceptors (Lipinski definition) is 4. The summed E-state index contributed by atoms with van der Waals surface area (Å²) in [4.78, 5) is 12.4. The lowest BCUT2D eigenvalue weighted by Crippen LogP contribution is -2.26. The van der Waals surface area contributed by atoms with Crippen molar-refractivity contribution < 1.29 is 4.92 Å². The number of nitrogens with zero attached hydrogens (tertiary/aromatic N) is 2. The summed E-state index contributed by atoms with van der Waals surface area (Å²) >= 11 is 0. The highest BCUT2D eigenvalue weighted by atomic mass is 35.5. The largest absolute Gasteiger partial charge is 0.364 e. The Balaban J connectivity index is 0.00000128. The van der Waals surface area contributed by atoms with Gasteiger partial charge >= 0.3 is 0 Å². The van der Waals surface area contributed by atoms with Gasteiger partial charge in [0.15, 0.2) is 0 Å². The number of nitro benzene ring substituents is 1. The number of halogens is 1. The fourth-order valence-electron chi connectivity index (χ4n) is 1.89. The highest BCUT2D eigenvalue weighted by Gasteiger charge is 2.24. The lowest BCUT2D eigenvalue weighted by Gasteiger charge is -2.17. The van der Waals surface area contributed by atoms with Crippen molar-refractivity contribution in [2.24, 2.45) is 5.73 Å². The summed E-state index contributed by atoms with van der Waals surface area (Å²) in [5, 5.41) is 10.8. The van der Waals surface area contributed by atoms with E-state index in [-0.39, 0.29) is 29.1 Å². The average Bonchev–Trinajstić information content (AvgIpc) is 2.65. The van der Waals surface area contributed by atoms with E-state index >= 15 is 0 Å². The molecule has 5 nitrogen and oxygen atoms in total. The minimum atomic E-state index is -0.348. The second-order valence-electron chi connectivity index (χ2n) is 3.74. The van der Waals surface area contributed by atoms with Gasteiger partial charge < -0.3 is 10.6 Å². The maximum Gasteiger partial charge on any atom is 0.292 e. The SMILES string of the molecule is Cl.N[C@@H]1CCN(c2ccccc2[N+](=O)[O-])C1. The molecular formula is C10H14ClN3O2. The molecule has 0 unspecified atom stereocenters. The van der Waals surface area contributed by atoms with E-state index in [2.05, 4.69) is 0 Å². The quantitative estimate of drug-likeness (QED) is 0.632. The molecule has 0 amide bonds. The van der Waals surface area contributed by atoms with Crippen LogP contribution in [0, 0.1) is 10.1 Å². The van der Waals surface area contributed by atoms with Crippen LogP contribution in [-0.2, 0) is 0 Å². The molecule has 1 saturated heterocycles. The van der Waals surface area contributed by atoms with Crippen molar-refractivity contribution in [3.05, 3.63) is 34.4 Å². The van der Waals surface area contributed by atoms with Crippen molar-refractivity contribution in [3.63, 3.8) is 0 Å². The highest BCUT2D eigenvalue weighted by Crippen LogP contribution is 2.29. The molecular weight excluding hydrogens is 230 g/mol. The van der Waals surface area contributed by atoms with Gasteiger partial charge in [-0.15, -0.1) is 12.4 Å². The Bertz CT molecular complexity index is 386. The molecule has 0 saturated carbocycles. The standard InChI is InChI=1S/C10H13N3O2.ClH/c11-8-5-6-12(7-8)9-3-1-2-4-10(9)13(14)15;/h1-4,8H,5-7,11H2;1H/t8-;/m1./s1. The van der Waals surface area contributed by atoms with E-state index in [1.165, 1.54) is 6.07 Å². The molecule has 1 aliphatic rings. The molecule has 0 radical (unpaired) electrons. The molecule has 1 aromatic carbocycles. The molecule has 2 rings (SSSR count). The Morgan fingerprint density at radius 1 is 1.44 bits per heavy atom. The first-order chi connectivity index (χ1) is 7.18. The van der Waals surface area contributed by atoms with E-state index in [0.29, 0.717) is 12.2 Å². The van der Waals surface area contributed by atoms with Gasteiger partial charge in [-0.25, -0.2) is 0 Å². The molecule has 1 aliphatic heterocycles. The van der Waals surface area contributed by atoms with Crippen LogP contribution in [0.5, 0.6) is 0 Å². The molecule has 2 N–H and O–H groups in total. The van der Waals surface area contributed by atoms with Gasteiger partial charge in [-0.2, -0.15) is 0 Å². The van der Waals surface area contributed by atoms with E-state index in [4.69, 9.17) is 5.73 Å². The number of hydrogen-bond donors (Lipinski definition) is 1. The molecule has 6 heteroatoms. The second-order valence-corrected chi connectivity index (χ2v) is 3.74. The minimum Gasteiger partial charge on any atom is -0.364 e.